The molecule has 2 aromatic rings. The van der Waals surface area contributed by atoms with Crippen LogP contribution in [0.3, 0.4) is 0 Å². The first-order valence-electron chi connectivity index (χ1n) is 10.2. The van der Waals surface area contributed by atoms with Gasteiger partial charge >= 0.3 is 0 Å². The van der Waals surface area contributed by atoms with Crippen molar-refractivity contribution in [2.24, 2.45) is 5.92 Å². The molecule has 0 aromatic heterocycles. The molecule has 4 rings (SSSR count). The zero-order valence-electron chi connectivity index (χ0n) is 17.5. The molecule has 2 aliphatic heterocycles. The van der Waals surface area contributed by atoms with Crippen LogP contribution in [0.2, 0.25) is 0 Å². The Bertz CT molecular complexity index is 1120. The Morgan fingerprint density at radius 3 is 2.45 bits per heavy atom. The molecule has 2 aliphatic rings. The lowest BCUT2D eigenvalue weighted by Gasteiger charge is -2.31. The number of carbonyl (C=O) groups is 2. The zero-order valence-corrected chi connectivity index (χ0v) is 18.3. The number of nitrogens with one attached hydrogen (secondary N) is 2. The number of carbonyl (C=O) groups excluding carboxylic acids is 2. The van der Waals surface area contributed by atoms with Gasteiger partial charge in [-0.2, -0.15) is 4.31 Å². The second-order valence-electron chi connectivity index (χ2n) is 8.04. The lowest BCUT2D eigenvalue weighted by atomic mass is 9.97. The van der Waals surface area contributed by atoms with Gasteiger partial charge in [0.05, 0.1) is 10.6 Å². The first kappa shape index (κ1) is 21.3. The maximum atomic E-state index is 13.1. The molecule has 8 nitrogen and oxygen atoms in total. The average Bonchev–Trinajstić information content (AvgIpc) is 2.72. The number of benzene rings is 2. The lowest BCUT2D eigenvalue weighted by Crippen LogP contribution is -2.41. The van der Waals surface area contributed by atoms with Crippen molar-refractivity contribution >= 4 is 33.2 Å². The molecule has 2 N–H and O–H groups in total. The topological polar surface area (TPSA) is 105 Å². The second kappa shape index (κ2) is 8.32. The van der Waals surface area contributed by atoms with E-state index in [0.717, 1.165) is 16.8 Å². The Morgan fingerprint density at radius 2 is 1.77 bits per heavy atom. The molecule has 0 aliphatic carbocycles. The maximum Gasteiger partial charge on any atom is 0.262 e. The van der Waals surface area contributed by atoms with Crippen LogP contribution in [0.4, 0.5) is 11.4 Å². The largest absolute Gasteiger partial charge is 0.482 e. The van der Waals surface area contributed by atoms with Crippen molar-refractivity contribution < 1.29 is 22.7 Å². The van der Waals surface area contributed by atoms with Crippen LogP contribution in [0.15, 0.2) is 41.3 Å². The van der Waals surface area contributed by atoms with Crippen molar-refractivity contribution in [3.8, 4) is 5.75 Å². The number of rotatable bonds is 4. The van der Waals surface area contributed by atoms with E-state index in [-0.39, 0.29) is 42.3 Å². The Kier molecular flexibility index (Phi) is 5.72. The van der Waals surface area contributed by atoms with Crippen molar-refractivity contribution in [3.05, 3.63) is 47.5 Å². The van der Waals surface area contributed by atoms with Crippen LogP contribution in [0.25, 0.3) is 0 Å². The fraction of sp³-hybridized carbons (Fsp3) is 0.364. The van der Waals surface area contributed by atoms with Crippen LogP contribution >= 0.6 is 0 Å². The first-order chi connectivity index (χ1) is 14.7. The molecule has 2 amide bonds. The average molecular weight is 444 g/mol. The third-order valence-corrected chi connectivity index (χ3v) is 7.43. The van der Waals surface area contributed by atoms with Crippen LogP contribution in [0, 0.1) is 19.8 Å². The van der Waals surface area contributed by atoms with E-state index in [0.29, 0.717) is 24.3 Å². The van der Waals surface area contributed by atoms with Crippen molar-refractivity contribution in [1.29, 1.82) is 0 Å². The van der Waals surface area contributed by atoms with Gasteiger partial charge in [-0.05, 0) is 62.1 Å². The van der Waals surface area contributed by atoms with Crippen molar-refractivity contribution in [2.75, 3.05) is 30.3 Å². The van der Waals surface area contributed by atoms with Crippen LogP contribution in [0.1, 0.15) is 24.0 Å². The van der Waals surface area contributed by atoms with E-state index in [9.17, 15) is 18.0 Å². The van der Waals surface area contributed by atoms with Crippen molar-refractivity contribution in [3.63, 3.8) is 0 Å². The maximum absolute atomic E-state index is 13.1. The summed E-state index contributed by atoms with van der Waals surface area (Å²) >= 11 is 0. The molecule has 2 heterocycles. The SMILES string of the molecule is Cc1cc(C)cc(NC(=O)C2CCN(S(=O)(=O)c3ccc4c(c3)OCC(=O)N4)CC2)c1. The van der Waals surface area contributed by atoms with Gasteiger partial charge in [-0.3, -0.25) is 9.59 Å². The van der Waals surface area contributed by atoms with E-state index < -0.39 is 10.0 Å². The minimum Gasteiger partial charge on any atom is -0.482 e. The van der Waals surface area contributed by atoms with Gasteiger partial charge in [0.2, 0.25) is 15.9 Å². The Labute approximate surface area is 181 Å². The fourth-order valence-corrected chi connectivity index (χ4v) is 5.50. The first-order valence-corrected chi connectivity index (χ1v) is 11.6. The number of amides is 2. The molecule has 1 fully saturated rings. The highest BCUT2D eigenvalue weighted by Gasteiger charge is 2.33. The molecule has 0 atom stereocenters. The lowest BCUT2D eigenvalue weighted by molar-refractivity contribution is -0.121. The number of ether oxygens (including phenoxy) is 1. The standard InChI is InChI=1S/C22H25N3O5S/c1-14-9-15(2)11-17(10-14)23-22(27)16-5-7-25(8-6-16)31(28,29)18-3-4-19-20(12-18)30-13-21(26)24-19/h3-4,9-12,16H,5-8,13H2,1-2H3,(H,23,27)(H,24,26). The van der Waals surface area contributed by atoms with E-state index >= 15 is 0 Å². The molecule has 2 aromatic carbocycles. The molecule has 0 unspecified atom stereocenters. The number of piperidine rings is 1. The summed E-state index contributed by atoms with van der Waals surface area (Å²) < 4.78 is 32.9. The predicted octanol–water partition coefficient (Wildman–Crippen LogP) is 2.67. The fourth-order valence-electron chi connectivity index (χ4n) is 4.01. The van der Waals surface area contributed by atoms with Crippen LogP contribution in [0.5, 0.6) is 5.75 Å². The van der Waals surface area contributed by atoms with Gasteiger partial charge in [0.15, 0.2) is 6.61 Å². The summed E-state index contributed by atoms with van der Waals surface area (Å²) in [4.78, 5) is 24.2. The summed E-state index contributed by atoms with van der Waals surface area (Å²) in [6, 6.07) is 10.3. The smallest absolute Gasteiger partial charge is 0.262 e. The number of aryl methyl sites for hydroxylation is 2. The van der Waals surface area contributed by atoms with Crippen molar-refractivity contribution in [2.45, 2.75) is 31.6 Å². The highest BCUT2D eigenvalue weighted by atomic mass is 32.2. The number of hydrogen-bond acceptors (Lipinski definition) is 5. The van der Waals surface area contributed by atoms with Crippen LogP contribution < -0.4 is 15.4 Å². The molecule has 9 heteroatoms. The molecule has 0 radical (unpaired) electrons. The Balaban J connectivity index is 1.41. The van der Waals surface area contributed by atoms with E-state index in [2.05, 4.69) is 10.6 Å². The third-order valence-electron chi connectivity index (χ3n) is 5.54. The summed E-state index contributed by atoms with van der Waals surface area (Å²) in [6.45, 7) is 4.35. The summed E-state index contributed by atoms with van der Waals surface area (Å²) in [6.07, 6.45) is 0.903. The molecule has 164 valence electrons. The molecule has 1 saturated heterocycles. The van der Waals surface area contributed by atoms with E-state index in [1.54, 1.807) is 0 Å². The van der Waals surface area contributed by atoms with E-state index in [4.69, 9.17) is 4.74 Å². The molecule has 0 bridgehead atoms. The quantitative estimate of drug-likeness (QED) is 0.756. The van der Waals surface area contributed by atoms with Gasteiger partial charge < -0.3 is 15.4 Å². The minimum absolute atomic E-state index is 0.0834. The van der Waals surface area contributed by atoms with Crippen LogP contribution in [-0.2, 0) is 19.6 Å². The van der Waals surface area contributed by atoms with Gasteiger partial charge in [-0.25, -0.2) is 8.42 Å². The van der Waals surface area contributed by atoms with Crippen LogP contribution in [-0.4, -0.2) is 44.2 Å². The zero-order chi connectivity index (χ0) is 22.2. The number of hydrogen-bond donors (Lipinski definition) is 2. The van der Waals surface area contributed by atoms with Gasteiger partial charge in [-0.1, -0.05) is 6.07 Å². The number of sulfonamides is 1. The molecular weight excluding hydrogens is 418 g/mol. The highest BCUT2D eigenvalue weighted by molar-refractivity contribution is 7.89. The van der Waals surface area contributed by atoms with Crippen molar-refractivity contribution in [1.82, 2.24) is 4.31 Å². The Hall–Kier alpha value is -2.91. The number of nitrogens with zero attached hydrogens (tertiary/aromatic N) is 1. The highest BCUT2D eigenvalue weighted by Crippen LogP contribution is 2.32. The van der Waals surface area contributed by atoms with E-state index in [1.807, 2.05) is 32.0 Å². The summed E-state index contributed by atoms with van der Waals surface area (Å²) in [5.41, 5.74) is 3.37. The van der Waals surface area contributed by atoms with E-state index in [1.165, 1.54) is 22.5 Å². The molecule has 0 saturated carbocycles. The predicted molar refractivity (Wildman–Crippen MR) is 117 cm³/mol. The van der Waals surface area contributed by atoms with Gasteiger partial charge in [-0.15, -0.1) is 0 Å². The number of fused-ring (bicyclic) bond motifs is 1. The van der Waals surface area contributed by atoms with Gasteiger partial charge in [0.1, 0.15) is 5.75 Å². The molecule has 31 heavy (non-hydrogen) atoms. The second-order valence-corrected chi connectivity index (χ2v) is 9.98. The normalized spacial score (nSPS) is 17.4. The monoisotopic (exact) mass is 443 g/mol. The molecular formula is C22H25N3O5S. The summed E-state index contributed by atoms with van der Waals surface area (Å²) in [5.74, 6) is -0.262. The summed E-state index contributed by atoms with van der Waals surface area (Å²) in [5, 5.41) is 5.60. The minimum atomic E-state index is -3.72. The van der Waals surface area contributed by atoms with Gasteiger partial charge in [0.25, 0.3) is 5.91 Å². The number of anilines is 2. The Morgan fingerprint density at radius 1 is 1.10 bits per heavy atom. The summed E-state index contributed by atoms with van der Waals surface area (Å²) in [7, 11) is -3.72. The molecule has 0 spiro atoms. The van der Waals surface area contributed by atoms with Gasteiger partial charge in [0, 0.05) is 30.8 Å². The third kappa shape index (κ3) is 4.57.